The molecule has 2 aromatic heterocycles. The van der Waals surface area contributed by atoms with E-state index >= 15 is 0 Å². The van der Waals surface area contributed by atoms with Gasteiger partial charge in [0, 0.05) is 19.6 Å². The summed E-state index contributed by atoms with van der Waals surface area (Å²) in [6, 6.07) is 2.15. The molecule has 0 amide bonds. The molecule has 0 unspecified atom stereocenters. The van der Waals surface area contributed by atoms with Gasteiger partial charge < -0.3 is 10.2 Å². The Hall–Kier alpha value is -1.36. The topological polar surface area (TPSA) is 41.1 Å². The number of nitrogens with zero attached hydrogens (tertiary/aromatic N) is 3. The van der Waals surface area contributed by atoms with E-state index in [1.807, 2.05) is 0 Å². The molecule has 0 aliphatic carbocycles. The van der Waals surface area contributed by atoms with Crippen LogP contribution in [0.1, 0.15) is 46.5 Å². The quantitative estimate of drug-likeness (QED) is 0.739. The fraction of sp³-hybridized carbons (Fsp3) is 0.625. The first-order chi connectivity index (χ1) is 10.3. The maximum absolute atomic E-state index is 4.78. The minimum Gasteiger partial charge on any atom is -0.356 e. The molecule has 5 heteroatoms. The standard InChI is InChI=1S/C16H26N4S/c1-4-7-10-20(11-8-5-2)14-13-9-12-21-15(13)19-16(18-14)17-6-3/h9,12H,4-8,10-11H2,1-3H3,(H,17,18,19). The highest BCUT2D eigenvalue weighted by molar-refractivity contribution is 7.16. The van der Waals surface area contributed by atoms with E-state index in [-0.39, 0.29) is 0 Å². The van der Waals surface area contributed by atoms with Crippen molar-refractivity contribution in [3.8, 4) is 0 Å². The Balaban J connectivity index is 2.35. The van der Waals surface area contributed by atoms with Crippen molar-refractivity contribution in [3.05, 3.63) is 11.4 Å². The van der Waals surface area contributed by atoms with Gasteiger partial charge in [0.1, 0.15) is 10.6 Å². The number of aromatic nitrogens is 2. The number of hydrogen-bond acceptors (Lipinski definition) is 5. The van der Waals surface area contributed by atoms with E-state index in [9.17, 15) is 0 Å². The lowest BCUT2D eigenvalue weighted by atomic mass is 10.2. The van der Waals surface area contributed by atoms with E-state index in [0.717, 1.165) is 36.2 Å². The number of hydrogen-bond donors (Lipinski definition) is 1. The van der Waals surface area contributed by atoms with Crippen molar-refractivity contribution in [1.82, 2.24) is 9.97 Å². The molecular formula is C16H26N4S. The second-order valence-electron chi connectivity index (χ2n) is 5.23. The summed E-state index contributed by atoms with van der Waals surface area (Å²) >= 11 is 1.69. The minimum absolute atomic E-state index is 0.750. The zero-order valence-electron chi connectivity index (χ0n) is 13.4. The van der Waals surface area contributed by atoms with Gasteiger partial charge in [-0.05, 0) is 31.2 Å². The van der Waals surface area contributed by atoms with E-state index in [4.69, 9.17) is 4.98 Å². The van der Waals surface area contributed by atoms with E-state index in [1.165, 1.54) is 31.1 Å². The predicted molar refractivity (Wildman–Crippen MR) is 93.6 cm³/mol. The second-order valence-corrected chi connectivity index (χ2v) is 6.13. The molecule has 0 fully saturated rings. The average Bonchev–Trinajstić information content (AvgIpc) is 2.95. The summed E-state index contributed by atoms with van der Waals surface area (Å²) in [5.74, 6) is 1.85. The molecule has 4 nitrogen and oxygen atoms in total. The molecular weight excluding hydrogens is 280 g/mol. The summed E-state index contributed by atoms with van der Waals surface area (Å²) in [5, 5.41) is 6.55. The van der Waals surface area contributed by atoms with Crippen LogP contribution in [0.15, 0.2) is 11.4 Å². The largest absolute Gasteiger partial charge is 0.356 e. The Morgan fingerprint density at radius 2 is 1.81 bits per heavy atom. The normalized spacial score (nSPS) is 11.0. The molecule has 0 saturated heterocycles. The highest BCUT2D eigenvalue weighted by Gasteiger charge is 2.14. The maximum Gasteiger partial charge on any atom is 0.226 e. The highest BCUT2D eigenvalue weighted by Crippen LogP contribution is 2.29. The third-order valence-electron chi connectivity index (χ3n) is 3.50. The maximum atomic E-state index is 4.78. The summed E-state index contributed by atoms with van der Waals surface area (Å²) in [5.41, 5.74) is 0. The Bertz CT molecular complexity index is 544. The van der Waals surface area contributed by atoms with Crippen molar-refractivity contribution < 1.29 is 0 Å². The van der Waals surface area contributed by atoms with Crippen molar-refractivity contribution in [2.24, 2.45) is 0 Å². The van der Waals surface area contributed by atoms with E-state index in [2.05, 4.69) is 47.4 Å². The van der Waals surface area contributed by atoms with Crippen LogP contribution in [0, 0.1) is 0 Å². The molecule has 2 heterocycles. The predicted octanol–water partition coefficient (Wildman–Crippen LogP) is 4.53. The molecule has 0 spiro atoms. The van der Waals surface area contributed by atoms with Gasteiger partial charge in [0.2, 0.25) is 5.95 Å². The molecule has 0 radical (unpaired) electrons. The van der Waals surface area contributed by atoms with Crippen LogP contribution in [0.4, 0.5) is 11.8 Å². The molecule has 116 valence electrons. The van der Waals surface area contributed by atoms with Crippen molar-refractivity contribution in [3.63, 3.8) is 0 Å². The number of thiophene rings is 1. The summed E-state index contributed by atoms with van der Waals surface area (Å²) in [4.78, 5) is 12.9. The summed E-state index contributed by atoms with van der Waals surface area (Å²) < 4.78 is 0. The third kappa shape index (κ3) is 4.06. The fourth-order valence-electron chi connectivity index (χ4n) is 2.34. The molecule has 0 aliphatic heterocycles. The van der Waals surface area contributed by atoms with Gasteiger partial charge in [0.05, 0.1) is 5.39 Å². The Morgan fingerprint density at radius 3 is 2.43 bits per heavy atom. The average molecular weight is 306 g/mol. The SMILES string of the molecule is CCCCN(CCCC)c1nc(NCC)nc2sccc12. The van der Waals surface area contributed by atoms with E-state index in [1.54, 1.807) is 11.3 Å². The molecule has 2 aromatic rings. The van der Waals surface area contributed by atoms with Crippen LogP contribution >= 0.6 is 11.3 Å². The summed E-state index contributed by atoms with van der Waals surface area (Å²) in [6.45, 7) is 9.55. The lowest BCUT2D eigenvalue weighted by Crippen LogP contribution is -2.27. The van der Waals surface area contributed by atoms with Crippen LogP contribution in [0.5, 0.6) is 0 Å². The monoisotopic (exact) mass is 306 g/mol. The van der Waals surface area contributed by atoms with Gasteiger partial charge in [0.15, 0.2) is 0 Å². The molecule has 1 N–H and O–H groups in total. The Morgan fingerprint density at radius 1 is 1.10 bits per heavy atom. The minimum atomic E-state index is 0.750. The first-order valence-electron chi connectivity index (χ1n) is 8.04. The molecule has 21 heavy (non-hydrogen) atoms. The van der Waals surface area contributed by atoms with E-state index in [0.29, 0.717) is 0 Å². The molecule has 0 aromatic carbocycles. The van der Waals surface area contributed by atoms with Crippen LogP contribution in [0.2, 0.25) is 0 Å². The molecule has 0 atom stereocenters. The zero-order chi connectivity index (χ0) is 15.1. The van der Waals surface area contributed by atoms with Gasteiger partial charge in [-0.1, -0.05) is 26.7 Å². The van der Waals surface area contributed by atoms with Crippen molar-refractivity contribution in [2.75, 3.05) is 29.9 Å². The first kappa shape index (κ1) is 16.0. The highest BCUT2D eigenvalue weighted by atomic mass is 32.1. The van der Waals surface area contributed by atoms with Gasteiger partial charge in [-0.25, -0.2) is 4.98 Å². The van der Waals surface area contributed by atoms with Crippen LogP contribution in [-0.2, 0) is 0 Å². The lowest BCUT2D eigenvalue weighted by Gasteiger charge is -2.24. The number of nitrogens with one attached hydrogen (secondary N) is 1. The third-order valence-corrected chi connectivity index (χ3v) is 4.31. The second kappa shape index (κ2) is 8.17. The van der Waals surface area contributed by atoms with Crippen molar-refractivity contribution in [1.29, 1.82) is 0 Å². The van der Waals surface area contributed by atoms with E-state index < -0.39 is 0 Å². The number of fused-ring (bicyclic) bond motifs is 1. The Labute approximate surface area is 131 Å². The van der Waals surface area contributed by atoms with Crippen molar-refractivity contribution in [2.45, 2.75) is 46.5 Å². The van der Waals surface area contributed by atoms with Crippen LogP contribution in [0.3, 0.4) is 0 Å². The lowest BCUT2D eigenvalue weighted by molar-refractivity contribution is 0.673. The molecule has 0 bridgehead atoms. The smallest absolute Gasteiger partial charge is 0.226 e. The molecule has 2 rings (SSSR count). The van der Waals surface area contributed by atoms with Gasteiger partial charge in [-0.2, -0.15) is 4.98 Å². The van der Waals surface area contributed by atoms with Crippen LogP contribution < -0.4 is 10.2 Å². The van der Waals surface area contributed by atoms with Crippen molar-refractivity contribution >= 4 is 33.3 Å². The van der Waals surface area contributed by atoms with Crippen LogP contribution in [0.25, 0.3) is 10.2 Å². The summed E-state index contributed by atoms with van der Waals surface area (Å²) in [6.07, 6.45) is 4.83. The molecule has 0 aliphatic rings. The zero-order valence-corrected chi connectivity index (χ0v) is 14.2. The fourth-order valence-corrected chi connectivity index (χ4v) is 3.10. The number of rotatable bonds is 9. The first-order valence-corrected chi connectivity index (χ1v) is 8.92. The van der Waals surface area contributed by atoms with Gasteiger partial charge >= 0.3 is 0 Å². The number of unbranched alkanes of at least 4 members (excludes halogenated alkanes) is 2. The van der Waals surface area contributed by atoms with Gasteiger partial charge in [0.25, 0.3) is 0 Å². The van der Waals surface area contributed by atoms with Gasteiger partial charge in [-0.3, -0.25) is 0 Å². The van der Waals surface area contributed by atoms with Crippen LogP contribution in [-0.4, -0.2) is 29.6 Å². The van der Waals surface area contributed by atoms with Gasteiger partial charge in [-0.15, -0.1) is 11.3 Å². The Kier molecular flexibility index (Phi) is 6.23. The molecule has 0 saturated carbocycles. The number of anilines is 2. The summed E-state index contributed by atoms with van der Waals surface area (Å²) in [7, 11) is 0.